The van der Waals surface area contributed by atoms with Crippen LogP contribution in [0.4, 0.5) is 0 Å². The second-order valence-electron chi connectivity index (χ2n) is 9.98. The molecule has 0 aliphatic carbocycles. The van der Waals surface area contributed by atoms with Crippen molar-refractivity contribution < 1.29 is 0 Å². The van der Waals surface area contributed by atoms with Crippen LogP contribution in [0.1, 0.15) is 119 Å². The molecule has 0 saturated carbocycles. The number of nitrogens with one attached hydrogen (secondary N) is 1. The van der Waals surface area contributed by atoms with Crippen LogP contribution in [-0.4, -0.2) is 19.4 Å². The first-order valence-corrected chi connectivity index (χ1v) is 12.0. The molecule has 0 aliphatic rings. The van der Waals surface area contributed by atoms with Gasteiger partial charge in [-0.15, -0.1) is 0 Å². The van der Waals surface area contributed by atoms with Crippen LogP contribution in [0.3, 0.4) is 0 Å². The zero-order valence-electron chi connectivity index (χ0n) is 19.8. The normalized spacial score (nSPS) is 16.9. The van der Waals surface area contributed by atoms with Gasteiger partial charge in [0.25, 0.3) is 0 Å². The van der Waals surface area contributed by atoms with Crippen molar-refractivity contribution in [2.24, 2.45) is 11.3 Å². The quantitative estimate of drug-likeness (QED) is 0.261. The fourth-order valence-corrected chi connectivity index (χ4v) is 4.28. The largest absolute Gasteiger partial charge is 0.311 e. The van der Waals surface area contributed by atoms with Crippen molar-refractivity contribution in [2.45, 2.75) is 137 Å². The molecule has 0 aromatic rings. The fraction of sp³-hybridized carbons (Fsp3) is 1.00. The summed E-state index contributed by atoms with van der Waals surface area (Å²) in [5.41, 5.74) is 0.808. The van der Waals surface area contributed by atoms with Crippen molar-refractivity contribution in [3.05, 3.63) is 0 Å². The molecule has 0 spiro atoms. The first-order chi connectivity index (χ1) is 12.3. The van der Waals surface area contributed by atoms with E-state index in [1.165, 1.54) is 84.5 Å². The number of rotatable bonds is 17. The summed E-state index contributed by atoms with van der Waals surface area (Å²) >= 11 is 0. The van der Waals surface area contributed by atoms with E-state index in [-0.39, 0.29) is 0 Å². The van der Waals surface area contributed by atoms with E-state index >= 15 is 0 Å². The van der Waals surface area contributed by atoms with Gasteiger partial charge in [0, 0.05) is 5.54 Å². The molecule has 0 fully saturated rings. The second kappa shape index (κ2) is 14.1. The highest BCUT2D eigenvalue weighted by Crippen LogP contribution is 2.32. The van der Waals surface area contributed by atoms with Gasteiger partial charge in [-0.3, -0.25) is 0 Å². The van der Waals surface area contributed by atoms with Crippen molar-refractivity contribution >= 4 is 7.28 Å². The van der Waals surface area contributed by atoms with Gasteiger partial charge in [0.05, 0.1) is 0 Å². The van der Waals surface area contributed by atoms with Gasteiger partial charge < -0.3 is 5.32 Å². The fourth-order valence-electron chi connectivity index (χ4n) is 4.28. The molecule has 3 unspecified atom stereocenters. The van der Waals surface area contributed by atoms with Crippen LogP contribution in [0.5, 0.6) is 0 Å². The van der Waals surface area contributed by atoms with Gasteiger partial charge in [0.15, 0.2) is 0 Å². The minimum Gasteiger partial charge on any atom is -0.311 e. The smallest absolute Gasteiger partial charge is 0.120 e. The van der Waals surface area contributed by atoms with Gasteiger partial charge in [0.2, 0.25) is 0 Å². The summed E-state index contributed by atoms with van der Waals surface area (Å²) < 4.78 is 0. The van der Waals surface area contributed by atoms with Gasteiger partial charge in [0.1, 0.15) is 7.28 Å². The standard InChI is InChI=1S/C24H52BN/c1-9-13-16-22(25-8)17-14-15-21(19-23(5,6)11-3)20-26-24(7,12-4)18-10-2/h21-22,25-26H,9-20H2,1-8H3. The van der Waals surface area contributed by atoms with E-state index in [2.05, 4.69) is 60.6 Å². The Bertz CT molecular complexity index is 328. The molecule has 0 radical (unpaired) electrons. The highest BCUT2D eigenvalue weighted by Gasteiger charge is 2.25. The highest BCUT2D eigenvalue weighted by molar-refractivity contribution is 6.35. The molecular formula is C24H52BN. The Labute approximate surface area is 168 Å². The molecule has 0 rings (SSSR count). The molecule has 3 atom stereocenters. The third kappa shape index (κ3) is 11.7. The maximum atomic E-state index is 3.98. The predicted molar refractivity (Wildman–Crippen MR) is 124 cm³/mol. The van der Waals surface area contributed by atoms with Crippen LogP contribution in [-0.2, 0) is 0 Å². The summed E-state index contributed by atoms with van der Waals surface area (Å²) in [6, 6.07) is 0. The summed E-state index contributed by atoms with van der Waals surface area (Å²) in [6.07, 6.45) is 14.9. The average molecular weight is 365 g/mol. The molecule has 0 aromatic carbocycles. The number of unbranched alkanes of at least 4 members (excludes halogenated alkanes) is 1. The Hall–Kier alpha value is 0.0249. The van der Waals surface area contributed by atoms with Crippen molar-refractivity contribution in [3.63, 3.8) is 0 Å². The monoisotopic (exact) mass is 365 g/mol. The van der Waals surface area contributed by atoms with Gasteiger partial charge >= 0.3 is 0 Å². The highest BCUT2D eigenvalue weighted by atomic mass is 15.0. The summed E-state index contributed by atoms with van der Waals surface area (Å²) in [5, 5.41) is 3.98. The SMILES string of the molecule is CBC(CCCC)CCCC(CNC(C)(CC)CCC)CC(C)(C)CC. The van der Waals surface area contributed by atoms with E-state index < -0.39 is 0 Å². The van der Waals surface area contributed by atoms with E-state index in [0.717, 1.165) is 11.7 Å². The Morgan fingerprint density at radius 3 is 2.00 bits per heavy atom. The molecular weight excluding hydrogens is 313 g/mol. The number of hydrogen-bond donors (Lipinski definition) is 1. The minimum atomic E-state index is 0.330. The Kier molecular flexibility index (Phi) is 14.1. The molecule has 0 aromatic heterocycles. The first kappa shape index (κ1) is 26.0. The molecule has 0 saturated heterocycles. The topological polar surface area (TPSA) is 12.0 Å². The third-order valence-electron chi connectivity index (χ3n) is 6.97. The third-order valence-corrected chi connectivity index (χ3v) is 6.97. The van der Waals surface area contributed by atoms with Crippen LogP contribution >= 0.6 is 0 Å². The van der Waals surface area contributed by atoms with E-state index in [9.17, 15) is 0 Å². The van der Waals surface area contributed by atoms with E-state index in [1.54, 1.807) is 0 Å². The second-order valence-corrected chi connectivity index (χ2v) is 9.98. The Morgan fingerprint density at radius 2 is 1.50 bits per heavy atom. The van der Waals surface area contributed by atoms with E-state index in [0.29, 0.717) is 11.0 Å². The zero-order valence-corrected chi connectivity index (χ0v) is 19.8. The van der Waals surface area contributed by atoms with Crippen LogP contribution in [0.15, 0.2) is 0 Å². The Balaban J connectivity index is 4.64. The molecule has 0 amide bonds. The molecule has 26 heavy (non-hydrogen) atoms. The Morgan fingerprint density at radius 1 is 0.846 bits per heavy atom. The average Bonchev–Trinajstić information content (AvgIpc) is 2.62. The maximum absolute atomic E-state index is 3.98. The predicted octanol–water partition coefficient (Wildman–Crippen LogP) is 7.62. The van der Waals surface area contributed by atoms with Crippen molar-refractivity contribution in [1.29, 1.82) is 0 Å². The lowest BCUT2D eigenvalue weighted by atomic mass is 9.62. The van der Waals surface area contributed by atoms with E-state index in [4.69, 9.17) is 0 Å². The molecule has 0 aliphatic heterocycles. The molecule has 2 heteroatoms. The lowest BCUT2D eigenvalue weighted by molar-refractivity contribution is 0.214. The minimum absolute atomic E-state index is 0.330. The van der Waals surface area contributed by atoms with Gasteiger partial charge in [-0.05, 0) is 50.5 Å². The van der Waals surface area contributed by atoms with Crippen molar-refractivity contribution in [3.8, 4) is 0 Å². The zero-order chi connectivity index (χ0) is 20.1. The summed E-state index contributed by atoms with van der Waals surface area (Å²) in [6.45, 7) is 20.3. The van der Waals surface area contributed by atoms with Gasteiger partial charge in [-0.1, -0.05) is 99.1 Å². The maximum Gasteiger partial charge on any atom is 0.120 e. The molecule has 1 N–H and O–H groups in total. The molecule has 0 bridgehead atoms. The van der Waals surface area contributed by atoms with Crippen LogP contribution < -0.4 is 5.32 Å². The van der Waals surface area contributed by atoms with Crippen LogP contribution in [0.25, 0.3) is 0 Å². The lowest BCUT2D eigenvalue weighted by Gasteiger charge is -2.35. The lowest BCUT2D eigenvalue weighted by Crippen LogP contribution is -2.44. The summed E-state index contributed by atoms with van der Waals surface area (Å²) in [4.78, 5) is 0. The van der Waals surface area contributed by atoms with Crippen LogP contribution in [0.2, 0.25) is 12.6 Å². The molecule has 1 nitrogen and oxygen atoms in total. The van der Waals surface area contributed by atoms with Gasteiger partial charge in [-0.2, -0.15) is 0 Å². The van der Waals surface area contributed by atoms with Crippen molar-refractivity contribution in [1.82, 2.24) is 5.32 Å². The molecule has 0 heterocycles. The number of hydrogen-bond acceptors (Lipinski definition) is 1. The van der Waals surface area contributed by atoms with Crippen LogP contribution in [0, 0.1) is 11.3 Å². The first-order valence-electron chi connectivity index (χ1n) is 12.0. The summed E-state index contributed by atoms with van der Waals surface area (Å²) in [7, 11) is 1.37. The molecule has 156 valence electrons. The van der Waals surface area contributed by atoms with Crippen molar-refractivity contribution in [2.75, 3.05) is 6.54 Å². The summed E-state index contributed by atoms with van der Waals surface area (Å²) in [5.74, 6) is 1.79. The van der Waals surface area contributed by atoms with Gasteiger partial charge in [-0.25, -0.2) is 0 Å². The van der Waals surface area contributed by atoms with E-state index in [1.807, 2.05) is 0 Å².